The van der Waals surface area contributed by atoms with Crippen LogP contribution < -0.4 is 10.2 Å². The Balaban J connectivity index is 1.43. The average Bonchev–Trinajstić information content (AvgIpc) is 3.49. The minimum atomic E-state index is -2.16. The zero-order valence-corrected chi connectivity index (χ0v) is 25.6. The fourth-order valence-electron chi connectivity index (χ4n) is 4.79. The lowest BCUT2D eigenvalue weighted by Crippen LogP contribution is -2.44. The lowest BCUT2D eigenvalue weighted by Gasteiger charge is -2.40. The highest BCUT2D eigenvalue weighted by molar-refractivity contribution is 6.74. The first-order valence-electron chi connectivity index (χ1n) is 13.5. The Bertz CT molecular complexity index is 1520. The van der Waals surface area contributed by atoms with Crippen molar-refractivity contribution in [3.05, 3.63) is 83.2 Å². The minimum Gasteiger partial charge on any atom is -0.408 e. The van der Waals surface area contributed by atoms with Crippen molar-refractivity contribution in [2.24, 2.45) is 7.05 Å². The van der Waals surface area contributed by atoms with E-state index in [0.29, 0.717) is 29.7 Å². The number of halogens is 2. The molecule has 0 spiro atoms. The van der Waals surface area contributed by atoms with Crippen LogP contribution in [0.1, 0.15) is 38.0 Å². The van der Waals surface area contributed by atoms with Gasteiger partial charge in [0.25, 0.3) is 0 Å². The van der Waals surface area contributed by atoms with Gasteiger partial charge in [0.05, 0.1) is 18.0 Å². The average molecular weight is 579 g/mol. The minimum absolute atomic E-state index is 0.0119. The van der Waals surface area contributed by atoms with E-state index in [1.54, 1.807) is 29.3 Å². The molecule has 7 nitrogen and oxygen atoms in total. The van der Waals surface area contributed by atoms with Crippen LogP contribution in [0.2, 0.25) is 23.3 Å². The van der Waals surface area contributed by atoms with Crippen molar-refractivity contribution in [3.63, 3.8) is 0 Å². The number of hydrogen-bond acceptors (Lipinski definition) is 6. The third-order valence-corrected chi connectivity index (χ3v) is 12.8. The zero-order chi connectivity index (χ0) is 28.7. The van der Waals surface area contributed by atoms with Crippen LogP contribution in [0, 0.1) is 5.82 Å². The van der Waals surface area contributed by atoms with Crippen LogP contribution >= 0.6 is 11.6 Å². The van der Waals surface area contributed by atoms with Crippen molar-refractivity contribution in [3.8, 4) is 11.1 Å². The Morgan fingerprint density at radius 2 is 1.88 bits per heavy atom. The summed E-state index contributed by atoms with van der Waals surface area (Å²) in [5.41, 5.74) is 4.16. The zero-order valence-electron chi connectivity index (χ0n) is 23.9. The summed E-state index contributed by atoms with van der Waals surface area (Å²) in [4.78, 5) is 10.8. The highest BCUT2D eigenvalue weighted by Gasteiger charge is 2.41. The summed E-state index contributed by atoms with van der Waals surface area (Å²) in [5.74, 6) is 1.25. The van der Waals surface area contributed by atoms with Crippen molar-refractivity contribution in [2.75, 3.05) is 23.3 Å². The van der Waals surface area contributed by atoms with Gasteiger partial charge in [0.1, 0.15) is 22.6 Å². The number of rotatable bonds is 8. The Labute approximate surface area is 241 Å². The molecule has 1 N–H and O–H groups in total. The monoisotopic (exact) mass is 578 g/mol. The standard InChI is InChI=1S/C30H36ClFN6OSi/c1-30(2,3)40(5,6)39-25(23-8-7-12-34-29(23)31)19-38-15-11-21-16-22(17-24(32)28(21)38)20-9-13-33-26(18-20)36-27-10-14-35-37(27)4/h7-10,12-14,16-18,25H,11,15,19H2,1-6H3,(H,33,36). The molecule has 40 heavy (non-hydrogen) atoms. The number of pyridine rings is 2. The number of nitrogens with one attached hydrogen (secondary N) is 1. The maximum absolute atomic E-state index is 15.8. The maximum atomic E-state index is 15.8. The Hall–Kier alpha value is -3.27. The van der Waals surface area contributed by atoms with E-state index < -0.39 is 8.32 Å². The summed E-state index contributed by atoms with van der Waals surface area (Å²) in [7, 11) is -0.302. The summed E-state index contributed by atoms with van der Waals surface area (Å²) >= 11 is 6.55. The number of fused-ring (bicyclic) bond motifs is 1. The predicted molar refractivity (Wildman–Crippen MR) is 162 cm³/mol. The summed E-state index contributed by atoms with van der Waals surface area (Å²) < 4.78 is 24.5. The van der Waals surface area contributed by atoms with Crippen LogP contribution in [-0.2, 0) is 17.9 Å². The third kappa shape index (κ3) is 5.77. The van der Waals surface area contributed by atoms with Crippen LogP contribution in [0.3, 0.4) is 0 Å². The van der Waals surface area contributed by atoms with E-state index in [9.17, 15) is 0 Å². The largest absolute Gasteiger partial charge is 0.408 e. The van der Waals surface area contributed by atoms with Crippen LogP contribution in [0.4, 0.5) is 21.7 Å². The molecule has 0 aliphatic carbocycles. The number of anilines is 3. The third-order valence-electron chi connectivity index (χ3n) is 8.04. The summed E-state index contributed by atoms with van der Waals surface area (Å²) in [5, 5.41) is 7.89. The van der Waals surface area contributed by atoms with Gasteiger partial charge in [-0.3, -0.25) is 4.68 Å². The van der Waals surface area contributed by atoms with E-state index >= 15 is 4.39 Å². The van der Waals surface area contributed by atoms with Crippen LogP contribution in [0.5, 0.6) is 0 Å². The number of nitrogens with zero attached hydrogens (tertiary/aromatic N) is 5. The number of aromatic nitrogens is 4. The SMILES string of the molecule is Cn1nccc1Nc1cc(-c2cc(F)c3c(c2)CCN3CC(O[Si](C)(C)C(C)(C)C)c2cccnc2Cl)ccn1. The summed E-state index contributed by atoms with van der Waals surface area (Å²) in [6.45, 7) is 12.3. The molecule has 1 unspecified atom stereocenters. The van der Waals surface area contributed by atoms with E-state index in [1.165, 1.54) is 0 Å². The fourth-order valence-corrected chi connectivity index (χ4v) is 6.30. The smallest absolute Gasteiger partial charge is 0.193 e. The molecule has 1 aliphatic rings. The van der Waals surface area contributed by atoms with E-state index in [-0.39, 0.29) is 17.0 Å². The molecular formula is C30H36ClFN6OSi. The molecular weight excluding hydrogens is 543 g/mol. The molecule has 10 heteroatoms. The summed E-state index contributed by atoms with van der Waals surface area (Å²) in [6, 6.07) is 13.2. The molecule has 0 radical (unpaired) electrons. The molecule has 1 aromatic carbocycles. The van der Waals surface area contributed by atoms with Crippen LogP contribution in [0.15, 0.2) is 61.1 Å². The topological polar surface area (TPSA) is 68.1 Å². The van der Waals surface area contributed by atoms with Gasteiger partial charge in [-0.05, 0) is 71.6 Å². The van der Waals surface area contributed by atoms with Gasteiger partial charge >= 0.3 is 0 Å². The van der Waals surface area contributed by atoms with Crippen molar-refractivity contribution in [2.45, 2.75) is 51.4 Å². The van der Waals surface area contributed by atoms with Gasteiger partial charge in [-0.15, -0.1) is 0 Å². The Kier molecular flexibility index (Phi) is 7.74. The second kappa shape index (κ2) is 11.0. The molecule has 4 heterocycles. The molecule has 0 saturated heterocycles. The number of benzene rings is 1. The fraction of sp³-hybridized carbons (Fsp3) is 0.367. The maximum Gasteiger partial charge on any atom is 0.193 e. The van der Waals surface area contributed by atoms with E-state index in [4.69, 9.17) is 16.0 Å². The van der Waals surface area contributed by atoms with Gasteiger partial charge in [0.15, 0.2) is 8.32 Å². The lowest BCUT2D eigenvalue weighted by molar-refractivity contribution is 0.188. The predicted octanol–water partition coefficient (Wildman–Crippen LogP) is 7.54. The van der Waals surface area contributed by atoms with E-state index in [0.717, 1.165) is 34.5 Å². The van der Waals surface area contributed by atoms with Gasteiger partial charge in [0.2, 0.25) is 0 Å². The van der Waals surface area contributed by atoms with Crippen molar-refractivity contribution >= 4 is 37.2 Å². The van der Waals surface area contributed by atoms with E-state index in [1.807, 2.05) is 37.4 Å². The number of aryl methyl sites for hydroxylation is 1. The first kappa shape index (κ1) is 28.3. The Morgan fingerprint density at radius 1 is 1.07 bits per heavy atom. The highest BCUT2D eigenvalue weighted by atomic mass is 35.5. The molecule has 5 rings (SSSR count). The summed E-state index contributed by atoms with van der Waals surface area (Å²) in [6.07, 6.45) is 5.55. The van der Waals surface area contributed by atoms with E-state index in [2.05, 4.69) is 65.2 Å². The van der Waals surface area contributed by atoms with Gasteiger partial charge in [-0.2, -0.15) is 5.10 Å². The second-order valence-corrected chi connectivity index (χ2v) is 16.9. The van der Waals surface area contributed by atoms with Gasteiger partial charge in [-0.1, -0.05) is 38.4 Å². The van der Waals surface area contributed by atoms with Crippen LogP contribution in [-0.4, -0.2) is 41.2 Å². The van der Waals surface area contributed by atoms with Crippen molar-refractivity contribution in [1.29, 1.82) is 0 Å². The number of hydrogen-bond donors (Lipinski definition) is 1. The first-order valence-corrected chi connectivity index (χ1v) is 16.8. The van der Waals surface area contributed by atoms with Crippen molar-refractivity contribution in [1.82, 2.24) is 19.7 Å². The molecule has 210 valence electrons. The molecule has 1 atom stereocenters. The quantitative estimate of drug-likeness (QED) is 0.172. The van der Waals surface area contributed by atoms with Gasteiger partial charge < -0.3 is 14.6 Å². The highest BCUT2D eigenvalue weighted by Crippen LogP contribution is 2.42. The normalized spacial score (nSPS) is 14.3. The molecule has 1 aliphatic heterocycles. The first-order chi connectivity index (χ1) is 18.9. The molecule has 0 fully saturated rings. The van der Waals surface area contributed by atoms with Crippen LogP contribution in [0.25, 0.3) is 11.1 Å². The molecule has 0 amide bonds. The lowest BCUT2D eigenvalue weighted by atomic mass is 10.0. The molecule has 3 aromatic heterocycles. The van der Waals surface area contributed by atoms with Gasteiger partial charge in [0, 0.05) is 44.2 Å². The molecule has 0 saturated carbocycles. The second-order valence-electron chi connectivity index (χ2n) is 11.8. The molecule has 0 bridgehead atoms. The van der Waals surface area contributed by atoms with Crippen molar-refractivity contribution < 1.29 is 8.82 Å². The van der Waals surface area contributed by atoms with Gasteiger partial charge in [-0.25, -0.2) is 14.4 Å². The Morgan fingerprint density at radius 3 is 2.58 bits per heavy atom. The molecule has 4 aromatic rings.